The number of nitrogens with zero attached hydrogens (tertiary/aromatic N) is 2. The maximum Gasteiger partial charge on any atom is 0.187 e. The van der Waals surface area contributed by atoms with Crippen molar-refractivity contribution in [3.05, 3.63) is 23.8 Å². The highest BCUT2D eigenvalue weighted by Crippen LogP contribution is 2.72. The summed E-state index contributed by atoms with van der Waals surface area (Å²) >= 11 is 0. The van der Waals surface area contributed by atoms with Gasteiger partial charge in [0.15, 0.2) is 29.1 Å². The summed E-state index contributed by atoms with van der Waals surface area (Å²) in [6.45, 7) is 5.40. The van der Waals surface area contributed by atoms with Crippen molar-refractivity contribution in [2.45, 2.75) is 101 Å². The number of ether oxygens (including phenoxy) is 2. The molecule has 0 aromatic heterocycles. The molecule has 8 heteroatoms. The normalized spacial score (nSPS) is 47.1. The second-order valence-corrected chi connectivity index (χ2v) is 14.2. The molecule has 2 aliphatic heterocycles. The highest BCUT2D eigenvalue weighted by Gasteiger charge is 2.79. The molecule has 1 unspecified atom stereocenters. The van der Waals surface area contributed by atoms with Crippen LogP contribution in [0.4, 0.5) is 4.39 Å². The molecule has 0 bridgehead atoms. The summed E-state index contributed by atoms with van der Waals surface area (Å²) in [4.78, 5) is 30.6. The third kappa shape index (κ3) is 3.67. The first-order valence-electron chi connectivity index (χ1n) is 15.7. The van der Waals surface area contributed by atoms with E-state index in [2.05, 4.69) is 19.0 Å². The van der Waals surface area contributed by atoms with Crippen LogP contribution in [0.5, 0.6) is 0 Å². The standard InChI is InChI=1S/C33H43FN2O5/c1-30-12-11-23(37)17-22(30)9-10-24-25-18-28-33(31(25,2)19-26(38)32(24,30)34,27(39)20-36-15-13-35(3)14-16-36)41-29(40-28)21-7-5-4-6-8-21/h11-12,17,21,24-26,28-29,38H,4-10,13,15,18-20H2,1-3H3/t24-,25-,26-,28-,29?,30-,31-,32-,33+/m0/s1. The average Bonchev–Trinajstić information content (AvgIpc) is 3.45. The molecule has 0 radical (unpaired) electrons. The van der Waals surface area contributed by atoms with E-state index in [1.807, 2.05) is 23.8 Å². The molecule has 5 fully saturated rings. The van der Waals surface area contributed by atoms with Gasteiger partial charge in [0.05, 0.1) is 18.8 Å². The molecule has 1 saturated heterocycles. The molecule has 7 aliphatic rings. The number of ketones is 2. The maximum absolute atomic E-state index is 17.7. The summed E-state index contributed by atoms with van der Waals surface area (Å²) in [5, 5.41) is 11.9. The minimum Gasteiger partial charge on any atom is -0.390 e. The number of aliphatic hydroxyl groups is 1. The number of Topliss-reactive ketones (excluding diaryl/α,β-unsaturated/α-hetero) is 1. The molecule has 0 aromatic carbocycles. The van der Waals surface area contributed by atoms with E-state index in [0.29, 0.717) is 25.8 Å². The SMILES string of the molecule is CN1C#CN(CC(=O)[C@@]23OC(C4CCCCC4)O[C@H]2C[C@H]2[C@@H]4CCC5=CC(=O)C=C[C@]5(C)[C@@]4(F)[C@@H](O)C[C@@]23C)CC1. The van der Waals surface area contributed by atoms with E-state index in [4.69, 9.17) is 9.47 Å². The van der Waals surface area contributed by atoms with E-state index in [0.717, 1.165) is 37.8 Å². The molecule has 222 valence electrons. The van der Waals surface area contributed by atoms with E-state index in [9.17, 15) is 14.7 Å². The lowest BCUT2D eigenvalue weighted by molar-refractivity contribution is -0.235. The van der Waals surface area contributed by atoms with Crippen molar-refractivity contribution in [3.63, 3.8) is 0 Å². The predicted molar refractivity (Wildman–Crippen MR) is 150 cm³/mol. The van der Waals surface area contributed by atoms with Gasteiger partial charge in [0.25, 0.3) is 0 Å². The topological polar surface area (TPSA) is 79.3 Å². The second kappa shape index (κ2) is 9.39. The number of rotatable bonds is 4. The van der Waals surface area contributed by atoms with E-state index in [1.165, 1.54) is 12.5 Å². The number of hydrogen-bond acceptors (Lipinski definition) is 7. The monoisotopic (exact) mass is 566 g/mol. The van der Waals surface area contributed by atoms with Gasteiger partial charge in [0.2, 0.25) is 0 Å². The number of allylic oxidation sites excluding steroid dienone is 4. The number of alkyl halides is 1. The van der Waals surface area contributed by atoms with E-state index >= 15 is 4.39 Å². The predicted octanol–water partition coefficient (Wildman–Crippen LogP) is 3.76. The summed E-state index contributed by atoms with van der Waals surface area (Å²) in [5.41, 5.74) is -4.32. The minimum atomic E-state index is -1.95. The number of halogens is 1. The van der Waals surface area contributed by atoms with Crippen molar-refractivity contribution in [1.82, 2.24) is 9.80 Å². The second-order valence-electron chi connectivity index (χ2n) is 14.2. The van der Waals surface area contributed by atoms with Gasteiger partial charge in [-0.1, -0.05) is 37.8 Å². The van der Waals surface area contributed by atoms with Gasteiger partial charge in [-0.25, -0.2) is 4.39 Å². The van der Waals surface area contributed by atoms with E-state index < -0.39 is 46.5 Å². The Bertz CT molecular complexity index is 1270. The minimum absolute atomic E-state index is 0.0611. The first kappa shape index (κ1) is 27.6. The Labute approximate surface area is 242 Å². The Morgan fingerprint density at radius 1 is 1.15 bits per heavy atom. The zero-order valence-electron chi connectivity index (χ0n) is 24.5. The quantitative estimate of drug-likeness (QED) is 0.519. The van der Waals surface area contributed by atoms with Crippen molar-refractivity contribution in [1.29, 1.82) is 0 Å². The molecule has 0 spiro atoms. The third-order valence-electron chi connectivity index (χ3n) is 12.3. The first-order chi connectivity index (χ1) is 19.5. The number of carbonyl (C=O) groups is 2. The first-order valence-corrected chi connectivity index (χ1v) is 15.7. The number of aliphatic hydroxyl groups excluding tert-OH is 1. The van der Waals surface area contributed by atoms with Crippen LogP contribution in [0.1, 0.15) is 71.6 Å². The molecule has 2 heterocycles. The van der Waals surface area contributed by atoms with Gasteiger partial charge < -0.3 is 24.4 Å². The van der Waals surface area contributed by atoms with Gasteiger partial charge in [-0.15, -0.1) is 0 Å². The summed E-state index contributed by atoms with van der Waals surface area (Å²) in [5.74, 6) is -0.647. The summed E-state index contributed by atoms with van der Waals surface area (Å²) < 4.78 is 31.4. The lowest BCUT2D eigenvalue weighted by Gasteiger charge is -2.62. The Kier molecular flexibility index (Phi) is 6.33. The highest BCUT2D eigenvalue weighted by atomic mass is 19.1. The van der Waals surface area contributed by atoms with Crippen LogP contribution in [0.3, 0.4) is 0 Å². The van der Waals surface area contributed by atoms with Crippen LogP contribution in [0.25, 0.3) is 0 Å². The van der Waals surface area contributed by atoms with Gasteiger partial charge in [0, 0.05) is 54.9 Å². The molecule has 5 aliphatic carbocycles. The molecular weight excluding hydrogens is 523 g/mol. The van der Waals surface area contributed by atoms with Crippen molar-refractivity contribution in [3.8, 4) is 12.1 Å². The van der Waals surface area contributed by atoms with E-state index in [-0.39, 0.29) is 36.4 Å². The molecule has 0 aromatic rings. The summed E-state index contributed by atoms with van der Waals surface area (Å²) in [6.07, 6.45) is 9.67. The number of likely N-dealkylation sites (N-methyl/N-ethyl adjacent to an activating group) is 1. The van der Waals surface area contributed by atoms with Gasteiger partial charge in [-0.3, -0.25) is 9.59 Å². The van der Waals surface area contributed by atoms with Gasteiger partial charge in [-0.05, 0) is 63.5 Å². The van der Waals surface area contributed by atoms with Crippen molar-refractivity contribution in [2.75, 3.05) is 26.7 Å². The summed E-state index contributed by atoms with van der Waals surface area (Å²) in [7, 11) is 1.93. The van der Waals surface area contributed by atoms with Crippen LogP contribution < -0.4 is 0 Å². The number of hydrogen-bond donors (Lipinski definition) is 1. The molecule has 7 nitrogen and oxygen atoms in total. The van der Waals surface area contributed by atoms with Crippen LogP contribution >= 0.6 is 0 Å². The van der Waals surface area contributed by atoms with Crippen molar-refractivity contribution < 1.29 is 28.6 Å². The average molecular weight is 567 g/mol. The fourth-order valence-electron chi connectivity index (χ4n) is 10.0. The van der Waals surface area contributed by atoms with Crippen LogP contribution in [-0.4, -0.2) is 82.9 Å². The van der Waals surface area contributed by atoms with Crippen LogP contribution in [0.2, 0.25) is 0 Å². The fourth-order valence-corrected chi connectivity index (χ4v) is 10.0. The Morgan fingerprint density at radius 2 is 1.93 bits per heavy atom. The zero-order chi connectivity index (χ0) is 28.8. The molecule has 0 amide bonds. The van der Waals surface area contributed by atoms with Crippen molar-refractivity contribution in [2.24, 2.45) is 28.6 Å². The molecular formula is C33H43FN2O5. The Hall–Kier alpha value is -2.21. The largest absolute Gasteiger partial charge is 0.390 e. The summed E-state index contributed by atoms with van der Waals surface area (Å²) in [6, 6.07) is 6.15. The smallest absolute Gasteiger partial charge is 0.187 e. The Balaban J connectivity index is 1.27. The molecule has 9 atom stereocenters. The van der Waals surface area contributed by atoms with Gasteiger partial charge >= 0.3 is 0 Å². The maximum atomic E-state index is 17.7. The zero-order valence-corrected chi connectivity index (χ0v) is 24.5. The molecule has 7 rings (SSSR count). The Morgan fingerprint density at radius 3 is 2.66 bits per heavy atom. The van der Waals surface area contributed by atoms with Gasteiger partial charge in [0.1, 0.15) is 0 Å². The lowest BCUT2D eigenvalue weighted by atomic mass is 9.44. The van der Waals surface area contributed by atoms with Crippen molar-refractivity contribution >= 4 is 11.6 Å². The fraction of sp³-hybridized carbons (Fsp3) is 0.758. The van der Waals surface area contributed by atoms with Crippen LogP contribution in [-0.2, 0) is 19.1 Å². The molecule has 1 N–H and O–H groups in total. The number of fused-ring (bicyclic) bond motifs is 7. The lowest BCUT2D eigenvalue weighted by Crippen LogP contribution is -2.70. The molecule has 4 saturated carbocycles. The third-order valence-corrected chi connectivity index (χ3v) is 12.3. The molecule has 41 heavy (non-hydrogen) atoms. The highest BCUT2D eigenvalue weighted by molar-refractivity contribution is 6.01. The van der Waals surface area contributed by atoms with Crippen LogP contribution in [0, 0.1) is 40.7 Å². The van der Waals surface area contributed by atoms with Crippen LogP contribution in [0.15, 0.2) is 23.8 Å². The van der Waals surface area contributed by atoms with E-state index in [1.54, 1.807) is 12.2 Å². The van der Waals surface area contributed by atoms with Gasteiger partial charge in [-0.2, -0.15) is 0 Å². The number of carbonyl (C=O) groups excluding carboxylic acids is 2.